The lowest BCUT2D eigenvalue weighted by molar-refractivity contribution is 0.0749. The Balaban J connectivity index is 1.50. The van der Waals surface area contributed by atoms with Gasteiger partial charge in [0, 0.05) is 29.8 Å². The van der Waals surface area contributed by atoms with E-state index < -0.39 is 0 Å². The minimum atomic E-state index is 0.263. The van der Waals surface area contributed by atoms with Crippen LogP contribution in [0.4, 0.5) is 5.69 Å². The quantitative estimate of drug-likeness (QED) is 0.493. The van der Waals surface area contributed by atoms with E-state index in [0.29, 0.717) is 12.0 Å². The standard InChI is InChI=1S/C23H35NO2/c1-2-3-8-14-25-18-11-12-21-20(16-18)23-19(13-15-26-23)22(24-21)17-9-6-4-5-7-10-17/h11-12,16-17,19,22-24H,2-10,13-15H2,1H3/t19-,22?,23-/m0/s1. The van der Waals surface area contributed by atoms with Gasteiger partial charge in [-0.1, -0.05) is 45.4 Å². The van der Waals surface area contributed by atoms with Crippen LogP contribution in [0.25, 0.3) is 0 Å². The van der Waals surface area contributed by atoms with Gasteiger partial charge in [-0.05, 0) is 49.8 Å². The number of hydrogen-bond donors (Lipinski definition) is 1. The molecule has 3 heteroatoms. The number of ether oxygens (including phenoxy) is 2. The number of benzene rings is 1. The molecule has 0 aromatic heterocycles. The van der Waals surface area contributed by atoms with Crippen LogP contribution >= 0.6 is 0 Å². The highest BCUT2D eigenvalue weighted by molar-refractivity contribution is 5.58. The summed E-state index contributed by atoms with van der Waals surface area (Å²) in [6.07, 6.45) is 13.5. The van der Waals surface area contributed by atoms with Gasteiger partial charge in [-0.3, -0.25) is 0 Å². The predicted molar refractivity (Wildman–Crippen MR) is 107 cm³/mol. The number of hydrogen-bond acceptors (Lipinski definition) is 3. The zero-order chi connectivity index (χ0) is 17.8. The monoisotopic (exact) mass is 357 g/mol. The fourth-order valence-corrected chi connectivity index (χ4v) is 5.26. The smallest absolute Gasteiger partial charge is 0.119 e. The normalized spacial score (nSPS) is 28.7. The highest BCUT2D eigenvalue weighted by Crippen LogP contribution is 2.48. The van der Waals surface area contributed by atoms with E-state index in [0.717, 1.165) is 31.3 Å². The van der Waals surface area contributed by atoms with Gasteiger partial charge >= 0.3 is 0 Å². The fourth-order valence-electron chi connectivity index (χ4n) is 5.26. The zero-order valence-corrected chi connectivity index (χ0v) is 16.3. The molecular weight excluding hydrogens is 322 g/mol. The van der Waals surface area contributed by atoms with E-state index >= 15 is 0 Å². The van der Waals surface area contributed by atoms with Crippen LogP contribution < -0.4 is 10.1 Å². The zero-order valence-electron chi connectivity index (χ0n) is 16.3. The Bertz CT molecular complexity index is 580. The third-order valence-corrected chi connectivity index (χ3v) is 6.67. The summed E-state index contributed by atoms with van der Waals surface area (Å²) in [7, 11) is 0. The van der Waals surface area contributed by atoms with Crippen molar-refractivity contribution >= 4 is 5.69 Å². The van der Waals surface area contributed by atoms with E-state index in [2.05, 4.69) is 30.4 Å². The average molecular weight is 358 g/mol. The van der Waals surface area contributed by atoms with Gasteiger partial charge in [-0.15, -0.1) is 0 Å². The molecule has 26 heavy (non-hydrogen) atoms. The van der Waals surface area contributed by atoms with Crippen LogP contribution in [0.2, 0.25) is 0 Å². The van der Waals surface area contributed by atoms with Gasteiger partial charge in [0.05, 0.1) is 12.7 Å². The molecule has 3 aliphatic rings. The van der Waals surface area contributed by atoms with Gasteiger partial charge in [0.15, 0.2) is 0 Å². The van der Waals surface area contributed by atoms with Crippen molar-refractivity contribution in [3.8, 4) is 5.75 Å². The van der Waals surface area contributed by atoms with Crippen molar-refractivity contribution in [3.05, 3.63) is 23.8 Å². The van der Waals surface area contributed by atoms with Gasteiger partial charge in [-0.2, -0.15) is 0 Å². The molecule has 0 radical (unpaired) electrons. The largest absolute Gasteiger partial charge is 0.494 e. The van der Waals surface area contributed by atoms with Crippen LogP contribution in [0.1, 0.15) is 82.8 Å². The number of fused-ring (bicyclic) bond motifs is 3. The maximum Gasteiger partial charge on any atom is 0.119 e. The molecule has 144 valence electrons. The molecule has 1 unspecified atom stereocenters. The Morgan fingerprint density at radius 2 is 1.92 bits per heavy atom. The number of rotatable bonds is 6. The van der Waals surface area contributed by atoms with Crippen molar-refractivity contribution in [1.82, 2.24) is 0 Å². The molecule has 1 aromatic carbocycles. The molecule has 0 amide bonds. The van der Waals surface area contributed by atoms with Crippen LogP contribution in [0.3, 0.4) is 0 Å². The first-order chi connectivity index (χ1) is 12.9. The fraction of sp³-hybridized carbons (Fsp3) is 0.739. The summed E-state index contributed by atoms with van der Waals surface area (Å²) >= 11 is 0. The van der Waals surface area contributed by atoms with Gasteiger partial charge in [0.25, 0.3) is 0 Å². The Morgan fingerprint density at radius 1 is 1.08 bits per heavy atom. The Hall–Kier alpha value is -1.22. The lowest BCUT2D eigenvalue weighted by atomic mass is 9.76. The molecule has 4 rings (SSSR count). The maximum atomic E-state index is 6.24. The molecule has 3 atom stereocenters. The van der Waals surface area contributed by atoms with E-state index in [1.54, 1.807) is 0 Å². The highest BCUT2D eigenvalue weighted by atomic mass is 16.5. The van der Waals surface area contributed by atoms with Crippen LogP contribution in [0, 0.1) is 11.8 Å². The van der Waals surface area contributed by atoms with Crippen molar-refractivity contribution in [2.45, 2.75) is 83.3 Å². The van der Waals surface area contributed by atoms with Crippen molar-refractivity contribution in [2.75, 3.05) is 18.5 Å². The summed E-state index contributed by atoms with van der Waals surface area (Å²) in [6.45, 7) is 3.95. The van der Waals surface area contributed by atoms with E-state index in [1.807, 2.05) is 0 Å². The minimum absolute atomic E-state index is 0.263. The molecule has 3 nitrogen and oxygen atoms in total. The lowest BCUT2D eigenvalue weighted by Crippen LogP contribution is -2.41. The summed E-state index contributed by atoms with van der Waals surface area (Å²) < 4.78 is 12.2. The number of unbranched alkanes of at least 4 members (excludes halogenated alkanes) is 2. The molecule has 1 aromatic rings. The van der Waals surface area contributed by atoms with Gasteiger partial charge < -0.3 is 14.8 Å². The third-order valence-electron chi connectivity index (χ3n) is 6.67. The topological polar surface area (TPSA) is 30.5 Å². The highest BCUT2D eigenvalue weighted by Gasteiger charge is 2.43. The second-order valence-electron chi connectivity index (χ2n) is 8.47. The third kappa shape index (κ3) is 3.88. The number of anilines is 1. The SMILES string of the molecule is CCCCCOc1ccc2c(c1)[C@H]1OCC[C@H]1C(C1CCCCCC1)N2. The van der Waals surface area contributed by atoms with Crippen molar-refractivity contribution in [3.63, 3.8) is 0 Å². The summed E-state index contributed by atoms with van der Waals surface area (Å²) in [4.78, 5) is 0. The first kappa shape index (κ1) is 18.2. The summed E-state index contributed by atoms with van der Waals surface area (Å²) in [5.41, 5.74) is 2.61. The van der Waals surface area contributed by atoms with E-state index in [4.69, 9.17) is 9.47 Å². The van der Waals surface area contributed by atoms with E-state index in [1.165, 1.54) is 69.0 Å². The van der Waals surface area contributed by atoms with Crippen LogP contribution in [-0.2, 0) is 4.74 Å². The van der Waals surface area contributed by atoms with Gasteiger partial charge in [0.2, 0.25) is 0 Å². The van der Waals surface area contributed by atoms with Crippen molar-refractivity contribution in [1.29, 1.82) is 0 Å². The van der Waals surface area contributed by atoms with E-state index in [-0.39, 0.29) is 6.10 Å². The Kier molecular flexibility index (Phi) is 6.04. The second kappa shape index (κ2) is 8.65. The van der Waals surface area contributed by atoms with Gasteiger partial charge in [0.1, 0.15) is 5.75 Å². The van der Waals surface area contributed by atoms with Crippen molar-refractivity contribution in [2.24, 2.45) is 11.8 Å². The van der Waals surface area contributed by atoms with Crippen LogP contribution in [-0.4, -0.2) is 19.3 Å². The molecule has 1 aliphatic carbocycles. The molecule has 2 aliphatic heterocycles. The second-order valence-corrected chi connectivity index (χ2v) is 8.47. The molecule has 0 spiro atoms. The molecule has 2 heterocycles. The predicted octanol–water partition coefficient (Wildman–Crippen LogP) is 6.10. The first-order valence-electron chi connectivity index (χ1n) is 11.0. The summed E-state index contributed by atoms with van der Waals surface area (Å²) in [5, 5.41) is 3.93. The lowest BCUT2D eigenvalue weighted by Gasteiger charge is -2.40. The van der Waals surface area contributed by atoms with E-state index in [9.17, 15) is 0 Å². The molecule has 1 N–H and O–H groups in total. The van der Waals surface area contributed by atoms with Crippen molar-refractivity contribution < 1.29 is 9.47 Å². The minimum Gasteiger partial charge on any atom is -0.494 e. The van der Waals surface area contributed by atoms with Crippen LogP contribution in [0.15, 0.2) is 18.2 Å². The number of nitrogens with one attached hydrogen (secondary N) is 1. The molecule has 1 saturated carbocycles. The maximum absolute atomic E-state index is 6.24. The summed E-state index contributed by atoms with van der Waals surface area (Å²) in [6, 6.07) is 7.19. The molecule has 1 saturated heterocycles. The Morgan fingerprint density at radius 3 is 2.73 bits per heavy atom. The molecule has 0 bridgehead atoms. The molecular formula is C23H35NO2. The average Bonchev–Trinajstić information content (AvgIpc) is 3.01. The summed E-state index contributed by atoms with van der Waals surface area (Å²) in [5.74, 6) is 2.44. The first-order valence-corrected chi connectivity index (χ1v) is 11.0. The Labute approximate surface area is 158 Å². The van der Waals surface area contributed by atoms with Gasteiger partial charge in [-0.25, -0.2) is 0 Å². The molecule has 2 fully saturated rings. The van der Waals surface area contributed by atoms with Crippen LogP contribution in [0.5, 0.6) is 5.75 Å².